The topological polar surface area (TPSA) is 150 Å². The van der Waals surface area contributed by atoms with Gasteiger partial charge >= 0.3 is 5.97 Å². The maximum atomic E-state index is 13.8. The number of para-hydroxylation sites is 2. The lowest BCUT2D eigenvalue weighted by molar-refractivity contribution is -0.169. The van der Waals surface area contributed by atoms with Gasteiger partial charge < -0.3 is 35.3 Å². The second kappa shape index (κ2) is 14.2. The zero-order valence-electron chi connectivity index (χ0n) is 25.4. The van der Waals surface area contributed by atoms with Crippen molar-refractivity contribution in [2.75, 3.05) is 42.4 Å². The third-order valence-corrected chi connectivity index (χ3v) is 9.21. The summed E-state index contributed by atoms with van der Waals surface area (Å²) in [6.45, 7) is 11.4. The average molecular weight is 625 g/mol. The lowest BCUT2D eigenvalue weighted by Gasteiger charge is -2.35. The molecule has 1 aliphatic rings. The number of anilines is 3. The van der Waals surface area contributed by atoms with Crippen LogP contribution < -0.4 is 25.8 Å². The summed E-state index contributed by atoms with van der Waals surface area (Å²) in [5.41, 5.74) is 7.58. The van der Waals surface area contributed by atoms with Crippen LogP contribution in [0.3, 0.4) is 0 Å². The highest BCUT2D eigenvalue weighted by Gasteiger charge is 2.41. The minimum absolute atomic E-state index is 0.0847. The van der Waals surface area contributed by atoms with Gasteiger partial charge in [0.15, 0.2) is 11.3 Å². The number of rotatable bonds is 15. The molecular weight excluding hydrogens is 580 g/mol. The van der Waals surface area contributed by atoms with Crippen molar-refractivity contribution in [3.63, 3.8) is 0 Å². The quantitative estimate of drug-likeness (QED) is 0.125. The fraction of sp³-hybridized carbons (Fsp3) is 0.552. The lowest BCUT2D eigenvalue weighted by Crippen LogP contribution is -2.48. The molecule has 0 aliphatic carbocycles. The highest BCUT2D eigenvalue weighted by Crippen LogP contribution is 2.43. The van der Waals surface area contributed by atoms with Crippen molar-refractivity contribution < 1.29 is 32.2 Å². The van der Waals surface area contributed by atoms with Crippen LogP contribution in [0, 0.1) is 5.92 Å². The summed E-state index contributed by atoms with van der Waals surface area (Å²) >= 11 is 1.59. The SMILES string of the molecule is CCOC(OCC)[C@H](CC(=O)OC(C)(C)C)NS(=O)(=O)c1ccc(N)cc1OCC(C)C1(SC)Nc2ccccc2N1. The van der Waals surface area contributed by atoms with E-state index in [-0.39, 0.29) is 42.8 Å². The Morgan fingerprint density at radius 2 is 1.67 bits per heavy atom. The van der Waals surface area contributed by atoms with E-state index in [0.717, 1.165) is 11.4 Å². The van der Waals surface area contributed by atoms with E-state index >= 15 is 0 Å². The normalized spacial score (nSPS) is 15.8. The highest BCUT2D eigenvalue weighted by molar-refractivity contribution is 8.00. The summed E-state index contributed by atoms with van der Waals surface area (Å²) in [4.78, 5) is 12.0. The molecule has 0 fully saturated rings. The minimum atomic E-state index is -4.24. The Morgan fingerprint density at radius 1 is 1.07 bits per heavy atom. The standard InChI is InChI=1S/C29H44N4O7S2/c1-8-37-27(38-9-2)23(17-26(34)40-28(4,5)6)33-42(35,36)25-15-14-20(30)16-24(25)39-18-19(3)29(41-7)31-21-12-10-11-13-22(21)32-29/h10-16,19,23,27,31-33H,8-9,17-18,30H2,1-7H3/t19?,23-/m0/s1. The summed E-state index contributed by atoms with van der Waals surface area (Å²) in [5, 5.41) is 7.06. The summed E-state index contributed by atoms with van der Waals surface area (Å²) in [5.74, 6) is -0.631. The smallest absolute Gasteiger partial charge is 0.308 e. The number of carbonyl (C=O) groups excluding carboxylic acids is 1. The van der Waals surface area contributed by atoms with Crippen LogP contribution in [0.25, 0.3) is 0 Å². The fourth-order valence-corrected chi connectivity index (χ4v) is 6.75. The van der Waals surface area contributed by atoms with Gasteiger partial charge in [0.25, 0.3) is 0 Å². The van der Waals surface area contributed by atoms with Crippen LogP contribution in [0.4, 0.5) is 17.1 Å². The van der Waals surface area contributed by atoms with Gasteiger partial charge in [-0.25, -0.2) is 13.1 Å². The molecule has 234 valence electrons. The molecule has 0 saturated carbocycles. The summed E-state index contributed by atoms with van der Waals surface area (Å²) in [6.07, 6.45) is 0.654. The van der Waals surface area contributed by atoms with Gasteiger partial charge in [0, 0.05) is 30.9 Å². The monoisotopic (exact) mass is 624 g/mol. The largest absolute Gasteiger partial charge is 0.492 e. The van der Waals surface area contributed by atoms with Crippen LogP contribution in [-0.4, -0.2) is 63.4 Å². The van der Waals surface area contributed by atoms with E-state index in [1.54, 1.807) is 46.4 Å². The van der Waals surface area contributed by atoms with E-state index in [1.807, 2.05) is 37.4 Å². The molecule has 1 heterocycles. The van der Waals surface area contributed by atoms with E-state index in [2.05, 4.69) is 15.4 Å². The Bertz CT molecular complexity index is 1290. The van der Waals surface area contributed by atoms with Gasteiger partial charge in [-0.2, -0.15) is 0 Å². The first-order valence-electron chi connectivity index (χ1n) is 13.9. The first kappa shape index (κ1) is 33.8. The first-order chi connectivity index (χ1) is 19.7. The van der Waals surface area contributed by atoms with Crippen LogP contribution in [-0.2, 0) is 29.0 Å². The number of ether oxygens (including phenoxy) is 4. The third-order valence-electron chi connectivity index (χ3n) is 6.43. The predicted molar refractivity (Wildman–Crippen MR) is 167 cm³/mol. The molecule has 0 saturated heterocycles. The lowest BCUT2D eigenvalue weighted by atomic mass is 10.1. The van der Waals surface area contributed by atoms with Crippen molar-refractivity contribution in [1.29, 1.82) is 0 Å². The van der Waals surface area contributed by atoms with Crippen LogP contribution in [0.5, 0.6) is 5.75 Å². The van der Waals surface area contributed by atoms with Crippen LogP contribution in [0.15, 0.2) is 47.4 Å². The van der Waals surface area contributed by atoms with Gasteiger partial charge in [-0.1, -0.05) is 19.1 Å². The first-order valence-corrected chi connectivity index (χ1v) is 16.6. The summed E-state index contributed by atoms with van der Waals surface area (Å²) in [7, 11) is -4.24. The highest BCUT2D eigenvalue weighted by atomic mass is 32.2. The Hall–Kier alpha value is -2.71. The molecular formula is C29H44N4O7S2. The van der Waals surface area contributed by atoms with E-state index in [1.165, 1.54) is 18.2 Å². The predicted octanol–water partition coefficient (Wildman–Crippen LogP) is 4.62. The molecule has 1 aliphatic heterocycles. The Morgan fingerprint density at radius 3 is 2.19 bits per heavy atom. The average Bonchev–Trinajstić information content (AvgIpc) is 3.30. The Labute approximate surface area is 253 Å². The number of esters is 1. The summed E-state index contributed by atoms with van der Waals surface area (Å²) < 4.78 is 53.1. The van der Waals surface area contributed by atoms with Gasteiger partial charge in [-0.3, -0.25) is 4.79 Å². The number of thioether (sulfide) groups is 1. The zero-order valence-corrected chi connectivity index (χ0v) is 27.0. The molecule has 2 aromatic carbocycles. The van der Waals surface area contributed by atoms with Gasteiger partial charge in [0.1, 0.15) is 16.2 Å². The van der Waals surface area contributed by atoms with E-state index in [4.69, 9.17) is 24.7 Å². The van der Waals surface area contributed by atoms with E-state index in [9.17, 15) is 13.2 Å². The molecule has 2 aromatic rings. The van der Waals surface area contributed by atoms with Crippen molar-refractivity contribution in [2.45, 2.75) is 75.8 Å². The molecule has 3 rings (SSSR count). The number of benzene rings is 2. The maximum Gasteiger partial charge on any atom is 0.308 e. The minimum Gasteiger partial charge on any atom is -0.492 e. The fourth-order valence-electron chi connectivity index (χ4n) is 4.50. The van der Waals surface area contributed by atoms with Gasteiger partial charge in [-0.05, 0) is 65.1 Å². The van der Waals surface area contributed by atoms with Crippen molar-refractivity contribution in [3.05, 3.63) is 42.5 Å². The maximum absolute atomic E-state index is 13.8. The second-order valence-corrected chi connectivity index (χ2v) is 13.7. The third kappa shape index (κ3) is 8.66. The van der Waals surface area contributed by atoms with Gasteiger partial charge in [-0.15, -0.1) is 11.8 Å². The number of hydrogen-bond acceptors (Lipinski definition) is 11. The molecule has 0 amide bonds. The molecule has 0 aromatic heterocycles. The van der Waals surface area contributed by atoms with Gasteiger partial charge in [0.2, 0.25) is 10.0 Å². The molecule has 5 N–H and O–H groups in total. The van der Waals surface area contributed by atoms with Crippen LogP contribution in [0.1, 0.15) is 48.0 Å². The van der Waals surface area contributed by atoms with Gasteiger partial charge in [0.05, 0.1) is 30.4 Å². The molecule has 11 nitrogen and oxygen atoms in total. The number of nitrogens with two attached hydrogens (primary N) is 1. The zero-order chi connectivity index (χ0) is 31.1. The number of sulfonamides is 1. The van der Waals surface area contributed by atoms with Crippen molar-refractivity contribution in [2.24, 2.45) is 5.92 Å². The number of hydrogen-bond donors (Lipinski definition) is 4. The Balaban J connectivity index is 1.85. The van der Waals surface area contributed by atoms with Crippen LogP contribution >= 0.6 is 11.8 Å². The number of nitrogen functional groups attached to an aromatic ring is 1. The molecule has 42 heavy (non-hydrogen) atoms. The number of fused-ring (bicyclic) bond motifs is 1. The van der Waals surface area contributed by atoms with E-state index in [0.29, 0.717) is 5.69 Å². The molecule has 13 heteroatoms. The summed E-state index contributed by atoms with van der Waals surface area (Å²) in [6, 6.07) is 11.2. The molecule has 2 atom stereocenters. The second-order valence-electron chi connectivity index (χ2n) is 11.0. The van der Waals surface area contributed by atoms with E-state index < -0.39 is 38.9 Å². The number of nitrogens with one attached hydrogen (secondary N) is 3. The number of carbonyl (C=O) groups is 1. The van der Waals surface area contributed by atoms with Crippen LogP contribution in [0.2, 0.25) is 0 Å². The molecule has 1 unspecified atom stereocenters. The van der Waals surface area contributed by atoms with Crippen molar-refractivity contribution in [3.8, 4) is 5.75 Å². The van der Waals surface area contributed by atoms with Crippen molar-refractivity contribution in [1.82, 2.24) is 4.72 Å². The molecule has 0 radical (unpaired) electrons. The molecule has 0 bridgehead atoms. The Kier molecular flexibility index (Phi) is 11.4. The molecule has 0 spiro atoms. The van der Waals surface area contributed by atoms with Crippen molar-refractivity contribution >= 4 is 44.8 Å².